The van der Waals surface area contributed by atoms with Crippen molar-refractivity contribution in [2.45, 2.75) is 32.2 Å². The maximum atomic E-state index is 11.9. The summed E-state index contributed by atoms with van der Waals surface area (Å²) in [6.07, 6.45) is 2.09. The Hall–Kier alpha value is -1.27. The Kier molecular flexibility index (Phi) is 5.25. The highest BCUT2D eigenvalue weighted by atomic mass is 79.9. The van der Waals surface area contributed by atoms with E-state index in [1.54, 1.807) is 6.07 Å². The first-order valence-corrected chi connectivity index (χ1v) is 7.50. The summed E-state index contributed by atoms with van der Waals surface area (Å²) in [5.74, 6) is 1.33. The Morgan fingerprint density at radius 3 is 2.70 bits per heavy atom. The molecule has 0 bridgehead atoms. The van der Waals surface area contributed by atoms with Gasteiger partial charge in [0.1, 0.15) is 13.2 Å². The van der Waals surface area contributed by atoms with Crippen molar-refractivity contribution >= 4 is 27.5 Å². The fraction of sp³-hybridized carbons (Fsp3) is 0.500. The zero-order valence-corrected chi connectivity index (χ0v) is 13.0. The van der Waals surface area contributed by atoms with Crippen LogP contribution >= 0.6 is 15.9 Å². The summed E-state index contributed by atoms with van der Waals surface area (Å²) in [5, 5.41) is 2.87. The van der Waals surface area contributed by atoms with Gasteiger partial charge >= 0.3 is 0 Å². The van der Waals surface area contributed by atoms with Crippen LogP contribution in [0.3, 0.4) is 0 Å². The van der Waals surface area contributed by atoms with Crippen LogP contribution in [-0.2, 0) is 4.79 Å². The maximum absolute atomic E-state index is 11.9. The summed E-state index contributed by atoms with van der Waals surface area (Å²) in [7, 11) is 0. The molecule has 5 nitrogen and oxygen atoms in total. The molecule has 1 heterocycles. The smallest absolute Gasteiger partial charge is 0.224 e. The molecule has 1 amide bonds. The molecule has 0 fully saturated rings. The fourth-order valence-corrected chi connectivity index (χ4v) is 2.38. The van der Waals surface area contributed by atoms with Crippen LogP contribution in [0.15, 0.2) is 16.6 Å². The number of hydrogen-bond donors (Lipinski definition) is 2. The molecule has 0 saturated carbocycles. The predicted molar refractivity (Wildman–Crippen MR) is 81.3 cm³/mol. The van der Waals surface area contributed by atoms with Gasteiger partial charge in [-0.1, -0.05) is 0 Å². The van der Waals surface area contributed by atoms with Crippen molar-refractivity contribution < 1.29 is 14.3 Å². The number of carbonyl (C=O) groups excluding carboxylic acids is 1. The first kappa shape index (κ1) is 15.1. The Balaban J connectivity index is 1.96. The molecule has 1 atom stereocenters. The molecule has 0 aromatic heterocycles. The number of anilines is 1. The fourth-order valence-electron chi connectivity index (χ4n) is 1.96. The van der Waals surface area contributed by atoms with Crippen LogP contribution in [0, 0.1) is 0 Å². The Bertz CT molecular complexity index is 492. The van der Waals surface area contributed by atoms with Crippen LogP contribution < -0.4 is 20.5 Å². The Morgan fingerprint density at radius 1 is 1.40 bits per heavy atom. The molecule has 1 aromatic carbocycles. The lowest BCUT2D eigenvalue weighted by Crippen LogP contribution is -2.18. The number of halogens is 1. The van der Waals surface area contributed by atoms with Gasteiger partial charge in [-0.15, -0.1) is 0 Å². The van der Waals surface area contributed by atoms with Crippen LogP contribution in [0.5, 0.6) is 11.5 Å². The molecule has 1 aliphatic rings. The van der Waals surface area contributed by atoms with Crippen LogP contribution in [-0.4, -0.2) is 25.2 Å². The number of hydrogen-bond acceptors (Lipinski definition) is 4. The average Bonchev–Trinajstić information content (AvgIpc) is 2.39. The molecule has 6 heteroatoms. The van der Waals surface area contributed by atoms with Gasteiger partial charge in [0.15, 0.2) is 11.5 Å². The van der Waals surface area contributed by atoms with Gasteiger partial charge in [-0.2, -0.15) is 0 Å². The molecule has 0 spiro atoms. The van der Waals surface area contributed by atoms with Crippen molar-refractivity contribution in [3.8, 4) is 11.5 Å². The van der Waals surface area contributed by atoms with Crippen molar-refractivity contribution in [3.63, 3.8) is 0 Å². The number of carbonyl (C=O) groups is 1. The highest BCUT2D eigenvalue weighted by molar-refractivity contribution is 9.10. The second-order valence-electron chi connectivity index (χ2n) is 4.89. The van der Waals surface area contributed by atoms with Crippen molar-refractivity contribution in [2.24, 2.45) is 5.73 Å². The molecule has 1 aromatic rings. The summed E-state index contributed by atoms with van der Waals surface area (Å²) in [6, 6.07) is 3.72. The van der Waals surface area contributed by atoms with Crippen LogP contribution in [0.2, 0.25) is 0 Å². The molecular weight excluding hydrogens is 324 g/mol. The topological polar surface area (TPSA) is 73.6 Å². The molecular formula is C14H19BrN2O3. The SMILES string of the molecule is CC(N)CCCC(=O)Nc1cc2c(cc1Br)OCCO2. The minimum atomic E-state index is -0.0250. The van der Waals surface area contributed by atoms with Crippen molar-refractivity contribution in [1.82, 2.24) is 0 Å². The molecule has 1 unspecified atom stereocenters. The lowest BCUT2D eigenvalue weighted by Gasteiger charge is -2.20. The zero-order valence-electron chi connectivity index (χ0n) is 11.4. The van der Waals surface area contributed by atoms with E-state index in [9.17, 15) is 4.79 Å². The highest BCUT2D eigenvalue weighted by Crippen LogP contribution is 2.38. The van der Waals surface area contributed by atoms with Gasteiger partial charge in [-0.05, 0) is 35.7 Å². The number of nitrogens with one attached hydrogen (secondary N) is 1. The molecule has 0 radical (unpaired) electrons. The van der Waals surface area contributed by atoms with E-state index in [0.29, 0.717) is 36.8 Å². The van der Waals surface area contributed by atoms with E-state index in [1.165, 1.54) is 0 Å². The van der Waals surface area contributed by atoms with Crippen molar-refractivity contribution in [1.29, 1.82) is 0 Å². The van der Waals surface area contributed by atoms with E-state index in [1.807, 2.05) is 13.0 Å². The summed E-state index contributed by atoms with van der Waals surface area (Å²) in [5.41, 5.74) is 6.36. The van der Waals surface area contributed by atoms with Crippen LogP contribution in [0.4, 0.5) is 5.69 Å². The molecule has 0 saturated heterocycles. The van der Waals surface area contributed by atoms with E-state index < -0.39 is 0 Å². The van der Waals surface area contributed by atoms with E-state index in [4.69, 9.17) is 15.2 Å². The summed E-state index contributed by atoms with van der Waals surface area (Å²) in [4.78, 5) is 11.9. The van der Waals surface area contributed by atoms with E-state index in [2.05, 4.69) is 21.2 Å². The van der Waals surface area contributed by atoms with E-state index in [-0.39, 0.29) is 11.9 Å². The normalized spacial score (nSPS) is 14.8. The first-order chi connectivity index (χ1) is 9.56. The Morgan fingerprint density at radius 2 is 2.05 bits per heavy atom. The zero-order chi connectivity index (χ0) is 14.5. The molecule has 0 aliphatic carbocycles. The first-order valence-electron chi connectivity index (χ1n) is 6.71. The third kappa shape index (κ3) is 4.11. The minimum Gasteiger partial charge on any atom is -0.486 e. The number of amides is 1. The van der Waals surface area contributed by atoms with Gasteiger partial charge in [-0.3, -0.25) is 4.79 Å². The molecule has 20 heavy (non-hydrogen) atoms. The van der Waals surface area contributed by atoms with Gasteiger partial charge in [0, 0.05) is 29.1 Å². The van der Waals surface area contributed by atoms with E-state index >= 15 is 0 Å². The molecule has 110 valence electrons. The largest absolute Gasteiger partial charge is 0.486 e. The summed E-state index contributed by atoms with van der Waals surface area (Å²) < 4.78 is 11.8. The second-order valence-corrected chi connectivity index (χ2v) is 5.75. The van der Waals surface area contributed by atoms with Gasteiger partial charge in [0.2, 0.25) is 5.91 Å². The number of ether oxygens (including phenoxy) is 2. The quantitative estimate of drug-likeness (QED) is 0.862. The number of rotatable bonds is 5. The lowest BCUT2D eigenvalue weighted by atomic mass is 10.1. The lowest BCUT2D eigenvalue weighted by molar-refractivity contribution is -0.116. The van der Waals surface area contributed by atoms with Crippen LogP contribution in [0.1, 0.15) is 26.2 Å². The van der Waals surface area contributed by atoms with Gasteiger partial charge < -0.3 is 20.5 Å². The van der Waals surface area contributed by atoms with Crippen LogP contribution in [0.25, 0.3) is 0 Å². The third-order valence-electron chi connectivity index (χ3n) is 2.97. The number of fused-ring (bicyclic) bond motifs is 1. The molecule has 3 N–H and O–H groups in total. The predicted octanol–water partition coefficient (Wildman–Crippen LogP) is 2.68. The highest BCUT2D eigenvalue weighted by Gasteiger charge is 2.16. The summed E-state index contributed by atoms with van der Waals surface area (Å²) >= 11 is 3.43. The van der Waals surface area contributed by atoms with E-state index in [0.717, 1.165) is 17.3 Å². The monoisotopic (exact) mass is 342 g/mol. The molecule has 1 aliphatic heterocycles. The Labute approximate surface area is 126 Å². The van der Waals surface area contributed by atoms with Gasteiger partial charge in [0.05, 0.1) is 5.69 Å². The second kappa shape index (κ2) is 6.95. The van der Waals surface area contributed by atoms with Gasteiger partial charge in [-0.25, -0.2) is 0 Å². The van der Waals surface area contributed by atoms with Crippen molar-refractivity contribution in [3.05, 3.63) is 16.6 Å². The standard InChI is InChI=1S/C14H19BrN2O3/c1-9(16)3-2-4-14(18)17-11-8-13-12(7-10(11)15)19-5-6-20-13/h7-9H,2-6,16H2,1H3,(H,17,18). The third-order valence-corrected chi connectivity index (χ3v) is 3.63. The van der Waals surface area contributed by atoms with Gasteiger partial charge in [0.25, 0.3) is 0 Å². The number of benzene rings is 1. The summed E-state index contributed by atoms with van der Waals surface area (Å²) in [6.45, 7) is 3.01. The number of nitrogens with two attached hydrogens (primary N) is 1. The molecule has 2 rings (SSSR count). The average molecular weight is 343 g/mol. The minimum absolute atomic E-state index is 0.0250. The van der Waals surface area contributed by atoms with Crippen molar-refractivity contribution in [2.75, 3.05) is 18.5 Å². The maximum Gasteiger partial charge on any atom is 0.224 e.